The SMILES string of the molecule is CCCCCCCCc1cc(-c2cc(-c3cc(CCCCCCCC)c(-c4ccc5c(c4)sc4c6ccc(C)cc6sc54)cc3CCCCCCCC)nc(-n3cnnc3)n2)c(CCCCCCCC)cc1C. The Balaban J connectivity index is 1.25. The van der Waals surface area contributed by atoms with Gasteiger partial charge in [-0.1, -0.05) is 193 Å². The van der Waals surface area contributed by atoms with Gasteiger partial charge in [-0.05, 0) is 140 Å². The molecule has 0 N–H and O–H groups in total. The zero-order valence-corrected chi connectivity index (χ0v) is 47.5. The average Bonchev–Trinajstić information content (AvgIpc) is 4.16. The highest BCUT2D eigenvalue weighted by Crippen LogP contribution is 2.46. The van der Waals surface area contributed by atoms with Crippen LogP contribution in [0.1, 0.15) is 215 Å². The van der Waals surface area contributed by atoms with Gasteiger partial charge in [0.15, 0.2) is 0 Å². The first kappa shape index (κ1) is 54.5. The van der Waals surface area contributed by atoms with E-state index >= 15 is 0 Å². The van der Waals surface area contributed by atoms with Crippen LogP contribution in [0.4, 0.5) is 0 Å². The van der Waals surface area contributed by atoms with Gasteiger partial charge in [-0.25, -0.2) is 9.97 Å². The van der Waals surface area contributed by atoms with Gasteiger partial charge in [0, 0.05) is 31.3 Å². The van der Waals surface area contributed by atoms with E-state index < -0.39 is 0 Å². The van der Waals surface area contributed by atoms with Gasteiger partial charge in [0.2, 0.25) is 5.95 Å². The van der Waals surface area contributed by atoms with Crippen LogP contribution in [-0.2, 0) is 25.7 Å². The topological polar surface area (TPSA) is 56.5 Å². The first-order valence-corrected chi connectivity index (χ1v) is 30.9. The van der Waals surface area contributed by atoms with Crippen molar-refractivity contribution in [3.05, 3.63) is 113 Å². The van der Waals surface area contributed by atoms with Crippen molar-refractivity contribution in [2.45, 2.75) is 221 Å². The fourth-order valence-electron chi connectivity index (χ4n) is 11.2. The van der Waals surface area contributed by atoms with Gasteiger partial charge in [0.1, 0.15) is 12.7 Å². The molecule has 0 aliphatic heterocycles. The quantitative estimate of drug-likeness (QED) is 0.0395. The summed E-state index contributed by atoms with van der Waals surface area (Å²) in [5.74, 6) is 0.638. The number of aromatic nitrogens is 5. The number of hydrogen-bond acceptors (Lipinski definition) is 6. The third-order valence-corrected chi connectivity index (χ3v) is 18.1. The van der Waals surface area contributed by atoms with Crippen molar-refractivity contribution in [1.29, 1.82) is 0 Å². The molecule has 8 rings (SSSR count). The maximum Gasteiger partial charge on any atom is 0.237 e. The van der Waals surface area contributed by atoms with E-state index in [1.165, 1.54) is 233 Å². The van der Waals surface area contributed by atoms with Gasteiger partial charge in [0.05, 0.1) is 20.8 Å². The number of thiophene rings is 2. The molecule has 0 spiro atoms. The fourth-order valence-corrected chi connectivity index (χ4v) is 14.0. The number of fused-ring (bicyclic) bond motifs is 5. The normalized spacial score (nSPS) is 11.9. The maximum atomic E-state index is 5.50. The molecular weight excluding hydrogens is 927 g/mol. The molecule has 388 valence electrons. The predicted octanol–water partition coefficient (Wildman–Crippen LogP) is 20.9. The molecule has 7 heteroatoms. The van der Waals surface area contributed by atoms with E-state index in [0.29, 0.717) is 5.95 Å². The molecule has 4 aromatic carbocycles. The predicted molar refractivity (Wildman–Crippen MR) is 319 cm³/mol. The monoisotopic (exact) mass is 1010 g/mol. The summed E-state index contributed by atoms with van der Waals surface area (Å²) in [5, 5.41) is 11.3. The van der Waals surface area contributed by atoms with E-state index in [4.69, 9.17) is 9.97 Å². The minimum absolute atomic E-state index is 0.638. The van der Waals surface area contributed by atoms with Crippen molar-refractivity contribution in [2.75, 3.05) is 0 Å². The lowest BCUT2D eigenvalue weighted by Gasteiger charge is -2.19. The summed E-state index contributed by atoms with van der Waals surface area (Å²) >= 11 is 3.93. The van der Waals surface area contributed by atoms with Crippen molar-refractivity contribution in [1.82, 2.24) is 24.7 Å². The van der Waals surface area contributed by atoms with Gasteiger partial charge in [-0.3, -0.25) is 4.57 Å². The maximum absolute atomic E-state index is 5.50. The largest absolute Gasteiger partial charge is 0.255 e. The van der Waals surface area contributed by atoms with Crippen molar-refractivity contribution in [3.63, 3.8) is 0 Å². The smallest absolute Gasteiger partial charge is 0.237 e. The Morgan fingerprint density at radius 1 is 0.397 bits per heavy atom. The van der Waals surface area contributed by atoms with E-state index in [-0.39, 0.29) is 0 Å². The first-order valence-electron chi connectivity index (χ1n) is 29.3. The van der Waals surface area contributed by atoms with Gasteiger partial charge in [-0.2, -0.15) is 0 Å². The van der Waals surface area contributed by atoms with E-state index in [9.17, 15) is 0 Å². The number of unbranched alkanes of at least 4 members (excludes halogenated alkanes) is 20. The van der Waals surface area contributed by atoms with Gasteiger partial charge < -0.3 is 0 Å². The van der Waals surface area contributed by atoms with Crippen LogP contribution in [0.2, 0.25) is 0 Å². The van der Waals surface area contributed by atoms with Crippen LogP contribution < -0.4 is 0 Å². The third kappa shape index (κ3) is 14.6. The Labute approximate surface area is 448 Å². The Kier molecular flexibility index (Phi) is 21.1. The highest BCUT2D eigenvalue weighted by Gasteiger charge is 2.21. The molecule has 0 aliphatic rings. The number of aryl methyl sites for hydroxylation is 6. The zero-order chi connectivity index (χ0) is 50.8. The summed E-state index contributed by atoms with van der Waals surface area (Å²) in [6, 6.07) is 26.9. The molecule has 0 bridgehead atoms. The summed E-state index contributed by atoms with van der Waals surface area (Å²) in [6.07, 6.45) is 38.5. The second kappa shape index (κ2) is 28.3. The van der Waals surface area contributed by atoms with Crippen LogP contribution in [0.25, 0.3) is 69.2 Å². The van der Waals surface area contributed by atoms with Gasteiger partial charge in [0.25, 0.3) is 0 Å². The Morgan fingerprint density at radius 3 is 1.33 bits per heavy atom. The highest BCUT2D eigenvalue weighted by molar-refractivity contribution is 7.36. The molecule has 0 fully saturated rings. The van der Waals surface area contributed by atoms with E-state index in [0.717, 1.165) is 43.5 Å². The molecule has 8 aromatic rings. The Hall–Kier alpha value is -4.72. The summed E-state index contributed by atoms with van der Waals surface area (Å²) in [6.45, 7) is 13.8. The molecule has 4 aromatic heterocycles. The van der Waals surface area contributed by atoms with Crippen molar-refractivity contribution in [2.24, 2.45) is 0 Å². The highest BCUT2D eigenvalue weighted by atomic mass is 32.1. The van der Waals surface area contributed by atoms with Crippen LogP contribution in [0, 0.1) is 13.8 Å². The lowest BCUT2D eigenvalue weighted by atomic mass is 9.87. The molecule has 0 atom stereocenters. The number of hydrogen-bond donors (Lipinski definition) is 0. The third-order valence-electron chi connectivity index (χ3n) is 15.6. The van der Waals surface area contributed by atoms with Crippen LogP contribution in [0.15, 0.2) is 79.4 Å². The molecule has 4 heterocycles. The van der Waals surface area contributed by atoms with Gasteiger partial charge in [-0.15, -0.1) is 32.9 Å². The average molecular weight is 1010 g/mol. The lowest BCUT2D eigenvalue weighted by molar-refractivity contribution is 0.605. The number of rotatable bonds is 32. The Bertz CT molecular complexity index is 2960. The molecule has 0 aliphatic carbocycles. The van der Waals surface area contributed by atoms with Crippen LogP contribution in [0.5, 0.6) is 0 Å². The van der Waals surface area contributed by atoms with Crippen LogP contribution in [-0.4, -0.2) is 24.7 Å². The summed E-state index contributed by atoms with van der Waals surface area (Å²) < 4.78 is 7.56. The number of benzene rings is 4. The molecular formula is C66H87N5S2. The standard InChI is InChI=1S/C66H87N5S2/c1-7-11-15-19-23-27-31-50-41-58(51(40-49(50)6)32-28-24-20-16-12-8-2)60-45-61(70-66(69-60)71-46-67-68-47-71)59-43-52(33-29-25-21-17-13-9-3)57(42-53(59)34-30-26-22-18-14-10-4)54-36-38-56-63(44-54)73-64-55-37-35-48(5)39-62(55)72-65(56)64/h35-47H,7-34H2,1-6H3. The van der Waals surface area contributed by atoms with E-state index in [2.05, 4.69) is 118 Å². The second-order valence-electron chi connectivity index (χ2n) is 21.6. The summed E-state index contributed by atoms with van der Waals surface area (Å²) in [7, 11) is 0. The summed E-state index contributed by atoms with van der Waals surface area (Å²) in [5.41, 5.74) is 15.7. The van der Waals surface area contributed by atoms with E-state index in [1.54, 1.807) is 12.7 Å². The van der Waals surface area contributed by atoms with Crippen LogP contribution in [0.3, 0.4) is 0 Å². The summed E-state index contributed by atoms with van der Waals surface area (Å²) in [4.78, 5) is 10.9. The van der Waals surface area contributed by atoms with Crippen molar-refractivity contribution < 1.29 is 0 Å². The molecule has 5 nitrogen and oxygen atoms in total. The van der Waals surface area contributed by atoms with Gasteiger partial charge >= 0.3 is 0 Å². The van der Waals surface area contributed by atoms with Crippen molar-refractivity contribution >= 4 is 52.2 Å². The zero-order valence-electron chi connectivity index (χ0n) is 45.9. The Morgan fingerprint density at radius 2 is 0.808 bits per heavy atom. The van der Waals surface area contributed by atoms with Crippen molar-refractivity contribution in [3.8, 4) is 39.6 Å². The molecule has 73 heavy (non-hydrogen) atoms. The fraction of sp³-hybridized carbons (Fsp3) is 0.515. The number of nitrogens with zero attached hydrogens (tertiary/aromatic N) is 5. The molecule has 0 saturated heterocycles. The molecule has 0 amide bonds. The second-order valence-corrected chi connectivity index (χ2v) is 23.7. The molecule has 0 radical (unpaired) electrons. The minimum Gasteiger partial charge on any atom is -0.255 e. The van der Waals surface area contributed by atoms with E-state index in [1.807, 2.05) is 27.2 Å². The minimum atomic E-state index is 0.638. The lowest BCUT2D eigenvalue weighted by Crippen LogP contribution is -2.06. The van der Waals surface area contributed by atoms with Crippen LogP contribution >= 0.6 is 22.7 Å². The molecule has 0 saturated carbocycles. The molecule has 0 unspecified atom stereocenters. The first-order chi connectivity index (χ1) is 35.9.